The van der Waals surface area contributed by atoms with Crippen LogP contribution in [0, 0.1) is 0 Å². The Kier molecular flexibility index (Phi) is 9.98. The van der Waals surface area contributed by atoms with Gasteiger partial charge >= 0.3 is 0 Å². The van der Waals surface area contributed by atoms with Gasteiger partial charge in [-0.3, -0.25) is 4.79 Å². The minimum absolute atomic E-state index is 0.145. The van der Waals surface area contributed by atoms with Crippen molar-refractivity contribution in [2.24, 2.45) is 0 Å². The van der Waals surface area contributed by atoms with E-state index in [1.54, 1.807) is 31.3 Å². The van der Waals surface area contributed by atoms with E-state index < -0.39 is 0 Å². The number of hydrogen-bond acceptors (Lipinski definition) is 6. The molecule has 2 aromatic rings. The summed E-state index contributed by atoms with van der Waals surface area (Å²) >= 11 is 0. The average Bonchev–Trinajstić information content (AvgIpc) is 2.82. The van der Waals surface area contributed by atoms with Crippen molar-refractivity contribution in [1.29, 1.82) is 0 Å². The van der Waals surface area contributed by atoms with E-state index in [9.17, 15) is 4.79 Å². The summed E-state index contributed by atoms with van der Waals surface area (Å²) in [5.74, 6) is 2.68. The van der Waals surface area contributed by atoms with E-state index in [0.717, 1.165) is 18.4 Å². The van der Waals surface area contributed by atoms with Crippen molar-refractivity contribution in [3.05, 3.63) is 41.5 Å². The second-order valence-corrected chi connectivity index (χ2v) is 7.20. The van der Waals surface area contributed by atoms with Crippen molar-refractivity contribution < 1.29 is 28.5 Å². The summed E-state index contributed by atoms with van der Waals surface area (Å²) in [7, 11) is 4.62. The van der Waals surface area contributed by atoms with Crippen LogP contribution in [0.15, 0.2) is 30.3 Å². The van der Waals surface area contributed by atoms with Gasteiger partial charge < -0.3 is 28.6 Å². The topological polar surface area (TPSA) is 66.5 Å². The van der Waals surface area contributed by atoms with Crippen molar-refractivity contribution in [3.8, 4) is 28.7 Å². The van der Waals surface area contributed by atoms with Crippen LogP contribution in [0.5, 0.6) is 28.7 Å². The molecule has 7 heteroatoms. The molecule has 0 aliphatic carbocycles. The highest BCUT2D eigenvalue weighted by Gasteiger charge is 2.23. The maximum atomic E-state index is 13.5. The molecule has 0 radical (unpaired) electrons. The molecule has 7 nitrogen and oxygen atoms in total. The Morgan fingerprint density at radius 2 is 1.47 bits per heavy atom. The Morgan fingerprint density at radius 1 is 0.781 bits per heavy atom. The summed E-state index contributed by atoms with van der Waals surface area (Å²) in [5.41, 5.74) is 1.38. The van der Waals surface area contributed by atoms with Gasteiger partial charge in [0, 0.05) is 25.2 Å². The van der Waals surface area contributed by atoms with Gasteiger partial charge in [-0.05, 0) is 37.5 Å². The van der Waals surface area contributed by atoms with E-state index in [-0.39, 0.29) is 5.91 Å². The predicted molar refractivity (Wildman–Crippen MR) is 125 cm³/mol. The lowest BCUT2D eigenvalue weighted by Crippen LogP contribution is -2.31. The van der Waals surface area contributed by atoms with E-state index in [0.29, 0.717) is 60.6 Å². The molecular weight excluding hydrogens is 410 g/mol. The van der Waals surface area contributed by atoms with Crippen molar-refractivity contribution >= 4 is 5.91 Å². The highest BCUT2D eigenvalue weighted by molar-refractivity contribution is 5.97. The minimum atomic E-state index is -0.145. The number of benzene rings is 2. The molecule has 2 aromatic carbocycles. The van der Waals surface area contributed by atoms with Crippen LogP contribution in [-0.4, -0.2) is 51.9 Å². The molecule has 0 unspecified atom stereocenters. The zero-order valence-electron chi connectivity index (χ0n) is 20.0. The first-order valence-corrected chi connectivity index (χ1v) is 11.0. The van der Waals surface area contributed by atoms with Crippen LogP contribution in [0.25, 0.3) is 0 Å². The maximum absolute atomic E-state index is 13.5. The highest BCUT2D eigenvalue weighted by Crippen LogP contribution is 2.36. The number of rotatable bonds is 13. The second-order valence-electron chi connectivity index (χ2n) is 7.20. The third-order valence-electron chi connectivity index (χ3n) is 4.86. The van der Waals surface area contributed by atoms with Gasteiger partial charge in [-0.15, -0.1) is 0 Å². The van der Waals surface area contributed by atoms with Crippen LogP contribution in [0.2, 0.25) is 0 Å². The molecule has 0 spiro atoms. The van der Waals surface area contributed by atoms with Crippen LogP contribution in [0.4, 0.5) is 0 Å². The SMILES string of the molecule is CCCOc1ccc(CN(CCC)C(=O)c2cc(OC)c(OC)cc2OC)cc1OCC. The molecule has 0 aromatic heterocycles. The first kappa shape index (κ1) is 25.2. The van der Waals surface area contributed by atoms with Crippen molar-refractivity contribution in [3.63, 3.8) is 0 Å². The molecule has 0 N–H and O–H groups in total. The number of carbonyl (C=O) groups is 1. The minimum Gasteiger partial charge on any atom is -0.496 e. The van der Waals surface area contributed by atoms with E-state index in [4.69, 9.17) is 23.7 Å². The molecule has 0 saturated carbocycles. The number of amides is 1. The monoisotopic (exact) mass is 445 g/mol. The van der Waals surface area contributed by atoms with Crippen LogP contribution in [0.1, 0.15) is 49.5 Å². The zero-order valence-corrected chi connectivity index (χ0v) is 20.0. The van der Waals surface area contributed by atoms with Gasteiger partial charge in [-0.25, -0.2) is 0 Å². The molecule has 0 aliphatic heterocycles. The molecule has 0 saturated heterocycles. The van der Waals surface area contributed by atoms with Crippen molar-refractivity contribution in [2.45, 2.75) is 40.2 Å². The van der Waals surface area contributed by atoms with Crippen LogP contribution < -0.4 is 23.7 Å². The van der Waals surface area contributed by atoms with E-state index >= 15 is 0 Å². The molecular formula is C25H35NO6. The summed E-state index contributed by atoms with van der Waals surface area (Å²) in [5, 5.41) is 0. The van der Waals surface area contributed by atoms with Gasteiger partial charge in [0.05, 0.1) is 40.1 Å². The van der Waals surface area contributed by atoms with Gasteiger partial charge in [0.1, 0.15) is 5.75 Å². The average molecular weight is 446 g/mol. The van der Waals surface area contributed by atoms with E-state index in [1.807, 2.05) is 32.0 Å². The third kappa shape index (κ3) is 6.22. The summed E-state index contributed by atoms with van der Waals surface area (Å²) in [4.78, 5) is 15.3. The largest absolute Gasteiger partial charge is 0.496 e. The summed E-state index contributed by atoms with van der Waals surface area (Å²) in [6.07, 6.45) is 1.73. The normalized spacial score (nSPS) is 10.4. The number of ether oxygens (including phenoxy) is 5. The van der Waals surface area contributed by atoms with E-state index in [1.165, 1.54) is 7.11 Å². The Morgan fingerprint density at radius 3 is 2.06 bits per heavy atom. The van der Waals surface area contributed by atoms with Crippen molar-refractivity contribution in [1.82, 2.24) is 4.90 Å². The van der Waals surface area contributed by atoms with Gasteiger partial charge in [0.25, 0.3) is 5.91 Å². The smallest absolute Gasteiger partial charge is 0.258 e. The third-order valence-corrected chi connectivity index (χ3v) is 4.86. The summed E-state index contributed by atoms with van der Waals surface area (Å²) in [6.45, 7) is 8.22. The maximum Gasteiger partial charge on any atom is 0.258 e. The fourth-order valence-corrected chi connectivity index (χ4v) is 3.36. The van der Waals surface area contributed by atoms with Gasteiger partial charge in [-0.1, -0.05) is 19.9 Å². The first-order chi connectivity index (χ1) is 15.5. The van der Waals surface area contributed by atoms with Gasteiger partial charge in [-0.2, -0.15) is 0 Å². The Bertz CT molecular complexity index is 883. The standard InChI is InChI=1S/C25H35NO6/c1-7-12-26(17-18-10-11-20(32-13-8-2)24(14-18)31-9-3)25(27)19-15-22(29-5)23(30-6)16-21(19)28-4/h10-11,14-16H,7-9,12-13,17H2,1-6H3. The van der Waals surface area contributed by atoms with Crippen LogP contribution in [0.3, 0.4) is 0 Å². The summed E-state index contributed by atoms with van der Waals surface area (Å²) in [6, 6.07) is 9.15. The molecule has 176 valence electrons. The molecule has 0 heterocycles. The Hall–Kier alpha value is -3.09. The molecule has 0 bridgehead atoms. The number of carbonyl (C=O) groups excluding carboxylic acids is 1. The number of methoxy groups -OCH3 is 3. The molecule has 32 heavy (non-hydrogen) atoms. The summed E-state index contributed by atoms with van der Waals surface area (Å²) < 4.78 is 27.8. The molecule has 0 aliphatic rings. The molecule has 2 rings (SSSR count). The van der Waals surface area contributed by atoms with Crippen molar-refractivity contribution in [2.75, 3.05) is 41.1 Å². The lowest BCUT2D eigenvalue weighted by Gasteiger charge is -2.24. The fraction of sp³-hybridized carbons (Fsp3) is 0.480. The predicted octanol–water partition coefficient (Wildman–Crippen LogP) is 4.95. The zero-order chi connectivity index (χ0) is 23.5. The fourth-order valence-electron chi connectivity index (χ4n) is 3.36. The Labute approximate surface area is 191 Å². The quantitative estimate of drug-likeness (QED) is 0.435. The first-order valence-electron chi connectivity index (χ1n) is 11.0. The second kappa shape index (κ2) is 12.7. The highest BCUT2D eigenvalue weighted by atomic mass is 16.5. The van der Waals surface area contributed by atoms with Crippen LogP contribution >= 0.6 is 0 Å². The number of hydrogen-bond donors (Lipinski definition) is 0. The molecule has 1 amide bonds. The lowest BCUT2D eigenvalue weighted by atomic mass is 10.1. The Balaban J connectivity index is 2.36. The van der Waals surface area contributed by atoms with Gasteiger partial charge in [0.15, 0.2) is 23.0 Å². The lowest BCUT2D eigenvalue weighted by molar-refractivity contribution is 0.0739. The number of nitrogens with zero attached hydrogens (tertiary/aromatic N) is 1. The van der Waals surface area contributed by atoms with E-state index in [2.05, 4.69) is 6.92 Å². The molecule has 0 atom stereocenters. The molecule has 0 fully saturated rings. The van der Waals surface area contributed by atoms with Gasteiger partial charge in [0.2, 0.25) is 0 Å². The van der Waals surface area contributed by atoms with Crippen LogP contribution in [-0.2, 0) is 6.54 Å².